The van der Waals surface area contributed by atoms with E-state index in [-0.39, 0.29) is 17.9 Å². The molecule has 1 aromatic heterocycles. The van der Waals surface area contributed by atoms with Crippen molar-refractivity contribution in [1.29, 1.82) is 0 Å². The molecular weight excluding hydrogens is 418 g/mol. The van der Waals surface area contributed by atoms with E-state index in [0.717, 1.165) is 37.2 Å². The van der Waals surface area contributed by atoms with Gasteiger partial charge in [0.1, 0.15) is 0 Å². The third-order valence-electron chi connectivity index (χ3n) is 5.67. The Hall–Kier alpha value is -3.52. The van der Waals surface area contributed by atoms with E-state index >= 15 is 0 Å². The van der Waals surface area contributed by atoms with Gasteiger partial charge >= 0.3 is 0 Å². The van der Waals surface area contributed by atoms with Gasteiger partial charge in [-0.25, -0.2) is 0 Å². The molecule has 0 saturated carbocycles. The molecule has 3 aromatic rings. The van der Waals surface area contributed by atoms with Gasteiger partial charge in [0.15, 0.2) is 0 Å². The molecule has 172 valence electrons. The molecule has 33 heavy (non-hydrogen) atoms. The maximum absolute atomic E-state index is 12.3. The molecule has 0 radical (unpaired) electrons. The predicted octanol–water partition coefficient (Wildman–Crippen LogP) is 3.28. The molecule has 2 aromatic carbocycles. The molecule has 8 heteroatoms. The molecule has 0 atom stereocenters. The predicted molar refractivity (Wildman–Crippen MR) is 125 cm³/mol. The standard InChI is InChI=1S/C25H29N5O3/c31-22(12-7-13-24-28-25(29-33-24)19-8-3-1-4-9-19)26-21-14-16-30(17-15-21)18-23(32)27-20-10-5-2-6-11-20/h1-6,8-11,21H,7,12-18H2,(H,26,31)(H,27,32). The molecule has 1 aliphatic heterocycles. The Morgan fingerprint density at radius 2 is 1.67 bits per heavy atom. The number of amides is 2. The van der Waals surface area contributed by atoms with Gasteiger partial charge in [-0.3, -0.25) is 14.5 Å². The maximum atomic E-state index is 12.3. The van der Waals surface area contributed by atoms with Crippen molar-refractivity contribution in [3.8, 4) is 11.4 Å². The van der Waals surface area contributed by atoms with Crippen LogP contribution in [0.5, 0.6) is 0 Å². The third kappa shape index (κ3) is 6.98. The molecule has 0 unspecified atom stereocenters. The largest absolute Gasteiger partial charge is 0.353 e. The van der Waals surface area contributed by atoms with Crippen molar-refractivity contribution in [2.24, 2.45) is 0 Å². The van der Waals surface area contributed by atoms with E-state index < -0.39 is 0 Å². The van der Waals surface area contributed by atoms with Crippen LogP contribution in [-0.2, 0) is 16.0 Å². The molecule has 0 spiro atoms. The van der Waals surface area contributed by atoms with Gasteiger partial charge in [0, 0.05) is 43.2 Å². The van der Waals surface area contributed by atoms with Crippen LogP contribution >= 0.6 is 0 Å². The van der Waals surface area contributed by atoms with Crippen molar-refractivity contribution >= 4 is 17.5 Å². The number of carbonyl (C=O) groups is 2. The summed E-state index contributed by atoms with van der Waals surface area (Å²) < 4.78 is 5.30. The normalized spacial score (nSPS) is 14.7. The van der Waals surface area contributed by atoms with Crippen molar-refractivity contribution in [2.75, 3.05) is 25.0 Å². The number of carbonyl (C=O) groups excluding carboxylic acids is 2. The fourth-order valence-electron chi connectivity index (χ4n) is 3.92. The van der Waals surface area contributed by atoms with Gasteiger partial charge in [0.05, 0.1) is 6.54 Å². The van der Waals surface area contributed by atoms with Crippen molar-refractivity contribution in [1.82, 2.24) is 20.4 Å². The zero-order valence-electron chi connectivity index (χ0n) is 18.6. The first-order valence-corrected chi connectivity index (χ1v) is 11.4. The van der Waals surface area contributed by atoms with Gasteiger partial charge in [0.25, 0.3) is 0 Å². The molecule has 2 N–H and O–H groups in total. The SMILES string of the molecule is O=C(CN1CCC(NC(=O)CCCc2nc(-c3ccccc3)no2)CC1)Nc1ccccc1. The number of nitrogens with one attached hydrogen (secondary N) is 2. The first-order chi connectivity index (χ1) is 16.2. The minimum atomic E-state index is -0.0138. The van der Waals surface area contributed by atoms with Crippen LogP contribution in [0.3, 0.4) is 0 Å². The summed E-state index contributed by atoms with van der Waals surface area (Å²) in [6, 6.07) is 19.3. The number of aromatic nitrogens is 2. The van der Waals surface area contributed by atoms with Crippen LogP contribution in [0, 0.1) is 0 Å². The Kier molecular flexibility index (Phi) is 7.81. The van der Waals surface area contributed by atoms with E-state index in [9.17, 15) is 9.59 Å². The summed E-state index contributed by atoms with van der Waals surface area (Å²) in [5.74, 6) is 1.14. The Bertz CT molecular complexity index is 1030. The molecular formula is C25H29N5O3. The van der Waals surface area contributed by atoms with Gasteiger partial charge in [0.2, 0.25) is 23.5 Å². The summed E-state index contributed by atoms with van der Waals surface area (Å²) in [5.41, 5.74) is 1.72. The Morgan fingerprint density at radius 3 is 2.39 bits per heavy atom. The lowest BCUT2D eigenvalue weighted by Crippen LogP contribution is -2.46. The Labute approximate surface area is 193 Å². The highest BCUT2D eigenvalue weighted by atomic mass is 16.5. The molecule has 1 saturated heterocycles. The van der Waals surface area contributed by atoms with Gasteiger partial charge in [-0.1, -0.05) is 53.7 Å². The molecule has 8 nitrogen and oxygen atoms in total. The molecule has 2 heterocycles. The molecule has 0 bridgehead atoms. The van der Waals surface area contributed by atoms with E-state index in [1.165, 1.54) is 0 Å². The van der Waals surface area contributed by atoms with Gasteiger partial charge in [-0.05, 0) is 31.4 Å². The van der Waals surface area contributed by atoms with Crippen LogP contribution < -0.4 is 10.6 Å². The zero-order chi connectivity index (χ0) is 22.9. The van der Waals surface area contributed by atoms with E-state index in [1.54, 1.807) is 0 Å². The lowest BCUT2D eigenvalue weighted by atomic mass is 10.0. The van der Waals surface area contributed by atoms with Crippen LogP contribution in [0.15, 0.2) is 65.2 Å². The van der Waals surface area contributed by atoms with Crippen LogP contribution in [0.1, 0.15) is 31.6 Å². The van der Waals surface area contributed by atoms with E-state index in [0.29, 0.717) is 37.5 Å². The van der Waals surface area contributed by atoms with Crippen LogP contribution in [0.2, 0.25) is 0 Å². The number of piperidine rings is 1. The number of likely N-dealkylation sites (tertiary alicyclic amines) is 1. The van der Waals surface area contributed by atoms with Crippen molar-refractivity contribution < 1.29 is 14.1 Å². The number of rotatable bonds is 9. The van der Waals surface area contributed by atoms with Gasteiger partial charge in [-0.15, -0.1) is 0 Å². The van der Waals surface area contributed by atoms with Gasteiger partial charge < -0.3 is 15.2 Å². The summed E-state index contributed by atoms with van der Waals surface area (Å²) in [6.07, 6.45) is 3.33. The second-order valence-corrected chi connectivity index (χ2v) is 8.26. The highest BCUT2D eigenvalue weighted by Gasteiger charge is 2.22. The molecule has 1 aliphatic rings. The molecule has 2 amide bonds. The van der Waals surface area contributed by atoms with Crippen LogP contribution in [0.25, 0.3) is 11.4 Å². The monoisotopic (exact) mass is 447 g/mol. The number of hydrogen-bond donors (Lipinski definition) is 2. The van der Waals surface area contributed by atoms with Crippen molar-refractivity contribution in [3.63, 3.8) is 0 Å². The molecule has 0 aliphatic carbocycles. The molecule has 4 rings (SSSR count). The highest BCUT2D eigenvalue weighted by Crippen LogP contribution is 2.16. The summed E-state index contributed by atoms with van der Waals surface area (Å²) in [6.45, 7) is 1.94. The second kappa shape index (κ2) is 11.4. The Balaban J connectivity index is 1.11. The number of benzene rings is 2. The van der Waals surface area contributed by atoms with E-state index in [4.69, 9.17) is 4.52 Å². The number of para-hydroxylation sites is 1. The van der Waals surface area contributed by atoms with E-state index in [2.05, 4.69) is 25.7 Å². The second-order valence-electron chi connectivity index (χ2n) is 8.26. The lowest BCUT2D eigenvalue weighted by molar-refractivity contribution is -0.122. The summed E-state index contributed by atoms with van der Waals surface area (Å²) in [7, 11) is 0. The Morgan fingerprint density at radius 1 is 0.970 bits per heavy atom. The van der Waals surface area contributed by atoms with Crippen LogP contribution in [-0.4, -0.2) is 52.5 Å². The zero-order valence-corrected chi connectivity index (χ0v) is 18.6. The topological polar surface area (TPSA) is 100 Å². The first-order valence-electron chi connectivity index (χ1n) is 11.4. The highest BCUT2D eigenvalue weighted by molar-refractivity contribution is 5.92. The lowest BCUT2D eigenvalue weighted by Gasteiger charge is -2.31. The van der Waals surface area contributed by atoms with Crippen molar-refractivity contribution in [3.05, 3.63) is 66.6 Å². The van der Waals surface area contributed by atoms with E-state index in [1.807, 2.05) is 60.7 Å². The first kappa shape index (κ1) is 22.7. The summed E-state index contributed by atoms with van der Waals surface area (Å²) >= 11 is 0. The number of nitrogens with zero attached hydrogens (tertiary/aromatic N) is 3. The number of anilines is 1. The number of hydrogen-bond acceptors (Lipinski definition) is 6. The maximum Gasteiger partial charge on any atom is 0.238 e. The quantitative estimate of drug-likeness (QED) is 0.522. The van der Waals surface area contributed by atoms with Gasteiger partial charge in [-0.2, -0.15) is 4.98 Å². The fraction of sp³-hybridized carbons (Fsp3) is 0.360. The summed E-state index contributed by atoms with van der Waals surface area (Å²) in [4.78, 5) is 31.1. The minimum absolute atomic E-state index is 0.0138. The van der Waals surface area contributed by atoms with Crippen molar-refractivity contribution in [2.45, 2.75) is 38.1 Å². The number of aryl methyl sites for hydroxylation is 1. The average molecular weight is 448 g/mol. The average Bonchev–Trinajstić information content (AvgIpc) is 3.30. The minimum Gasteiger partial charge on any atom is -0.353 e. The third-order valence-corrected chi connectivity index (χ3v) is 5.67. The fourth-order valence-corrected chi connectivity index (χ4v) is 3.92. The van der Waals surface area contributed by atoms with Crippen LogP contribution in [0.4, 0.5) is 5.69 Å². The smallest absolute Gasteiger partial charge is 0.238 e. The molecule has 1 fully saturated rings. The summed E-state index contributed by atoms with van der Waals surface area (Å²) in [5, 5.41) is 10.0.